The molecule has 0 unspecified atom stereocenters. The minimum absolute atomic E-state index is 0.0396. The SMILES string of the molecule is Cc1nnc([C@H](C)c2ccc(F)cc2)c(N[C@@H]2CCN(C(=O)OC(C)(C)C)C2)n1. The van der Waals surface area contributed by atoms with E-state index >= 15 is 0 Å². The van der Waals surface area contributed by atoms with Crippen LogP contribution in [0.15, 0.2) is 24.3 Å². The number of nitrogens with zero attached hydrogens (tertiary/aromatic N) is 4. The predicted octanol–water partition coefficient (Wildman–Crippen LogP) is 3.89. The van der Waals surface area contributed by atoms with Crippen molar-refractivity contribution >= 4 is 11.9 Å². The van der Waals surface area contributed by atoms with Crippen LogP contribution in [0.1, 0.15) is 57.1 Å². The molecule has 0 radical (unpaired) electrons. The number of carbonyl (C=O) groups is 1. The lowest BCUT2D eigenvalue weighted by Gasteiger charge is -2.24. The van der Waals surface area contributed by atoms with Crippen molar-refractivity contribution in [2.75, 3.05) is 18.4 Å². The van der Waals surface area contributed by atoms with E-state index in [4.69, 9.17) is 4.74 Å². The molecule has 0 saturated carbocycles. The number of benzene rings is 1. The Morgan fingerprint density at radius 1 is 1.28 bits per heavy atom. The van der Waals surface area contributed by atoms with Crippen LogP contribution in [0.4, 0.5) is 15.0 Å². The molecular weight excluding hydrogens is 373 g/mol. The lowest BCUT2D eigenvalue weighted by atomic mass is 9.97. The minimum atomic E-state index is -0.520. The maximum atomic E-state index is 13.3. The summed E-state index contributed by atoms with van der Waals surface area (Å²) >= 11 is 0. The van der Waals surface area contributed by atoms with Crippen LogP contribution < -0.4 is 5.32 Å². The van der Waals surface area contributed by atoms with Crippen LogP contribution in [0.3, 0.4) is 0 Å². The van der Waals surface area contributed by atoms with Crippen LogP contribution in [0.25, 0.3) is 0 Å². The van der Waals surface area contributed by atoms with Crippen molar-refractivity contribution in [2.24, 2.45) is 0 Å². The fourth-order valence-corrected chi connectivity index (χ4v) is 3.29. The van der Waals surface area contributed by atoms with Gasteiger partial charge in [-0.25, -0.2) is 14.2 Å². The molecule has 29 heavy (non-hydrogen) atoms. The van der Waals surface area contributed by atoms with E-state index in [0.717, 1.165) is 12.0 Å². The van der Waals surface area contributed by atoms with Crippen molar-refractivity contribution in [1.82, 2.24) is 20.1 Å². The van der Waals surface area contributed by atoms with Gasteiger partial charge in [0.25, 0.3) is 0 Å². The number of hydrogen-bond donors (Lipinski definition) is 1. The monoisotopic (exact) mass is 401 g/mol. The summed E-state index contributed by atoms with van der Waals surface area (Å²) in [5, 5.41) is 11.9. The molecule has 0 aliphatic carbocycles. The van der Waals surface area contributed by atoms with Gasteiger partial charge in [-0.3, -0.25) is 0 Å². The van der Waals surface area contributed by atoms with Crippen molar-refractivity contribution in [2.45, 2.75) is 58.6 Å². The van der Waals surface area contributed by atoms with Crippen LogP contribution in [0.2, 0.25) is 0 Å². The highest BCUT2D eigenvalue weighted by Gasteiger charge is 2.31. The maximum Gasteiger partial charge on any atom is 0.410 e. The summed E-state index contributed by atoms with van der Waals surface area (Å²) in [5.74, 6) is 0.817. The van der Waals surface area contributed by atoms with Crippen LogP contribution in [0, 0.1) is 12.7 Å². The van der Waals surface area contributed by atoms with Gasteiger partial charge in [-0.05, 0) is 51.8 Å². The summed E-state index contributed by atoms with van der Waals surface area (Å²) < 4.78 is 18.7. The van der Waals surface area contributed by atoms with Crippen LogP contribution >= 0.6 is 0 Å². The van der Waals surface area contributed by atoms with Crippen molar-refractivity contribution in [3.8, 4) is 0 Å². The standard InChI is InChI=1S/C21H28FN5O2/c1-13(15-6-8-16(22)9-7-15)18-19(23-14(2)25-26-18)24-17-10-11-27(12-17)20(28)29-21(3,4)5/h6-9,13,17H,10-12H2,1-5H3,(H,23,24,25)/t13-,17-/m1/s1. The molecule has 2 atom stereocenters. The van der Waals surface area contributed by atoms with E-state index in [1.54, 1.807) is 24.0 Å². The Kier molecular flexibility index (Phi) is 6.00. The topological polar surface area (TPSA) is 80.2 Å². The molecule has 1 amide bonds. The molecule has 1 N–H and O–H groups in total. The summed E-state index contributed by atoms with van der Waals surface area (Å²) in [4.78, 5) is 18.5. The minimum Gasteiger partial charge on any atom is -0.444 e. The van der Waals surface area contributed by atoms with Crippen molar-refractivity contribution in [3.63, 3.8) is 0 Å². The quantitative estimate of drug-likeness (QED) is 0.837. The predicted molar refractivity (Wildman–Crippen MR) is 108 cm³/mol. The Balaban J connectivity index is 1.74. The van der Waals surface area contributed by atoms with Gasteiger partial charge in [0.2, 0.25) is 0 Å². The Morgan fingerprint density at radius 2 is 1.97 bits per heavy atom. The summed E-state index contributed by atoms with van der Waals surface area (Å²) in [6.45, 7) is 10.5. The summed E-state index contributed by atoms with van der Waals surface area (Å²) in [6.07, 6.45) is 0.478. The number of rotatable bonds is 4. The van der Waals surface area contributed by atoms with Crippen molar-refractivity contribution in [1.29, 1.82) is 0 Å². The summed E-state index contributed by atoms with van der Waals surface area (Å²) in [7, 11) is 0. The number of amides is 1. The number of aromatic nitrogens is 3. The molecule has 1 saturated heterocycles. The fraction of sp³-hybridized carbons (Fsp3) is 0.524. The molecule has 2 aromatic rings. The van der Waals surface area contributed by atoms with Gasteiger partial charge in [0, 0.05) is 25.0 Å². The number of anilines is 1. The number of ether oxygens (including phenoxy) is 1. The van der Waals surface area contributed by atoms with Gasteiger partial charge in [0.05, 0.1) is 0 Å². The number of halogens is 1. The Morgan fingerprint density at radius 3 is 2.62 bits per heavy atom. The first-order chi connectivity index (χ1) is 13.6. The van der Waals surface area contributed by atoms with E-state index in [1.807, 2.05) is 27.7 Å². The molecule has 2 heterocycles. The third-order valence-corrected chi connectivity index (χ3v) is 4.78. The molecule has 1 fully saturated rings. The van der Waals surface area contributed by atoms with E-state index in [0.29, 0.717) is 30.4 Å². The Hall–Kier alpha value is -2.77. The molecule has 1 aliphatic heterocycles. The molecular formula is C21H28FN5O2. The Bertz CT molecular complexity index is 866. The zero-order valence-corrected chi connectivity index (χ0v) is 17.6. The second-order valence-corrected chi connectivity index (χ2v) is 8.42. The smallest absolute Gasteiger partial charge is 0.410 e. The molecule has 8 heteroatoms. The molecule has 1 aromatic carbocycles. The molecule has 0 spiro atoms. The van der Waals surface area contributed by atoms with Crippen molar-refractivity contribution < 1.29 is 13.9 Å². The van der Waals surface area contributed by atoms with Gasteiger partial charge in [-0.1, -0.05) is 19.1 Å². The molecule has 1 aromatic heterocycles. The normalized spacial score (nSPS) is 17.9. The number of nitrogens with one attached hydrogen (secondary N) is 1. The highest BCUT2D eigenvalue weighted by Crippen LogP contribution is 2.28. The van der Waals surface area contributed by atoms with Gasteiger partial charge in [0.15, 0.2) is 5.82 Å². The zero-order valence-electron chi connectivity index (χ0n) is 17.6. The molecule has 7 nitrogen and oxygen atoms in total. The van der Waals surface area contributed by atoms with Crippen LogP contribution in [-0.4, -0.2) is 50.9 Å². The highest BCUT2D eigenvalue weighted by atomic mass is 19.1. The van der Waals surface area contributed by atoms with Crippen molar-refractivity contribution in [3.05, 3.63) is 47.2 Å². The Labute approximate surface area is 170 Å². The molecule has 1 aliphatic rings. The van der Waals surface area contributed by atoms with E-state index in [-0.39, 0.29) is 23.9 Å². The number of hydrogen-bond acceptors (Lipinski definition) is 6. The van der Waals surface area contributed by atoms with Gasteiger partial charge < -0.3 is 15.0 Å². The highest BCUT2D eigenvalue weighted by molar-refractivity contribution is 5.68. The van der Waals surface area contributed by atoms with Crippen LogP contribution in [-0.2, 0) is 4.74 Å². The lowest BCUT2D eigenvalue weighted by Crippen LogP contribution is -2.36. The third-order valence-electron chi connectivity index (χ3n) is 4.78. The summed E-state index contributed by atoms with van der Waals surface area (Å²) in [5.41, 5.74) is 1.10. The average Bonchev–Trinajstić information content (AvgIpc) is 3.09. The first kappa shape index (κ1) is 21.0. The summed E-state index contributed by atoms with van der Waals surface area (Å²) in [6, 6.07) is 6.39. The average molecular weight is 401 g/mol. The third kappa shape index (κ3) is 5.40. The van der Waals surface area contributed by atoms with E-state index in [2.05, 4.69) is 20.5 Å². The number of likely N-dealkylation sites (tertiary alicyclic amines) is 1. The molecule has 156 valence electrons. The van der Waals surface area contributed by atoms with Crippen LogP contribution in [0.5, 0.6) is 0 Å². The fourth-order valence-electron chi connectivity index (χ4n) is 3.29. The number of aryl methyl sites for hydroxylation is 1. The second kappa shape index (κ2) is 8.31. The number of carbonyl (C=O) groups excluding carboxylic acids is 1. The van der Waals surface area contributed by atoms with Gasteiger partial charge in [-0.2, -0.15) is 0 Å². The zero-order chi connectivity index (χ0) is 21.2. The first-order valence-corrected chi connectivity index (χ1v) is 9.83. The van der Waals surface area contributed by atoms with Gasteiger partial charge >= 0.3 is 6.09 Å². The first-order valence-electron chi connectivity index (χ1n) is 9.83. The van der Waals surface area contributed by atoms with E-state index in [9.17, 15) is 9.18 Å². The maximum absolute atomic E-state index is 13.3. The lowest BCUT2D eigenvalue weighted by molar-refractivity contribution is 0.0293. The van der Waals surface area contributed by atoms with E-state index < -0.39 is 5.60 Å². The second-order valence-electron chi connectivity index (χ2n) is 8.42. The molecule has 0 bridgehead atoms. The largest absolute Gasteiger partial charge is 0.444 e. The van der Waals surface area contributed by atoms with Gasteiger partial charge in [-0.15, -0.1) is 10.2 Å². The van der Waals surface area contributed by atoms with Gasteiger partial charge in [0.1, 0.15) is 22.9 Å². The molecule has 3 rings (SSSR count). The van der Waals surface area contributed by atoms with E-state index in [1.165, 1.54) is 12.1 Å².